The lowest BCUT2D eigenvalue weighted by Crippen LogP contribution is -2.07. The van der Waals surface area contributed by atoms with Crippen LogP contribution in [0.1, 0.15) is 11.4 Å². The number of ether oxygens (including phenoxy) is 1. The molecule has 1 aliphatic heterocycles. The lowest BCUT2D eigenvalue weighted by Gasteiger charge is -2.17. The zero-order valence-electron chi connectivity index (χ0n) is 8.58. The van der Waals surface area contributed by atoms with E-state index in [0.717, 1.165) is 5.57 Å². The van der Waals surface area contributed by atoms with E-state index >= 15 is 0 Å². The third-order valence-corrected chi connectivity index (χ3v) is 2.47. The largest absolute Gasteiger partial charge is 0.504 e. The molecule has 0 bridgehead atoms. The van der Waals surface area contributed by atoms with Crippen LogP contribution in [0, 0.1) is 0 Å². The van der Waals surface area contributed by atoms with Crippen LogP contribution in [0.2, 0.25) is 0 Å². The van der Waals surface area contributed by atoms with Gasteiger partial charge in [0, 0.05) is 11.1 Å². The normalized spacial score (nSPS) is 13.8. The van der Waals surface area contributed by atoms with Gasteiger partial charge >= 0.3 is 0 Å². The van der Waals surface area contributed by atoms with Gasteiger partial charge in [0.05, 0.1) is 0 Å². The number of nitrogens with zero attached hydrogens (tertiary/aromatic N) is 3. The van der Waals surface area contributed by atoms with Crippen molar-refractivity contribution in [1.29, 1.82) is 0 Å². The predicted molar refractivity (Wildman–Crippen MR) is 57.3 cm³/mol. The first-order chi connectivity index (χ1) is 8.25. The van der Waals surface area contributed by atoms with Gasteiger partial charge in [0.1, 0.15) is 6.61 Å². The first-order valence-corrected chi connectivity index (χ1v) is 4.88. The number of hydrogen-bond acceptors (Lipinski definition) is 6. The summed E-state index contributed by atoms with van der Waals surface area (Å²) in [6, 6.07) is 3.04. The minimum Gasteiger partial charge on any atom is -0.504 e. The average molecular weight is 232 g/mol. The molecule has 3 N–H and O–H groups in total. The van der Waals surface area contributed by atoms with Crippen LogP contribution < -0.4 is 4.74 Å². The van der Waals surface area contributed by atoms with Crippen LogP contribution in [-0.2, 0) is 0 Å². The van der Waals surface area contributed by atoms with Crippen molar-refractivity contribution in [1.82, 2.24) is 20.6 Å². The SMILES string of the molecule is Oc1ccc2c(c1O)OCC(c1nn[nH]n1)=C2. The number of phenolic OH excluding ortho intramolecular Hbond substituents is 2. The Bertz CT molecular complexity index is 592. The lowest BCUT2D eigenvalue weighted by molar-refractivity contribution is 0.324. The summed E-state index contributed by atoms with van der Waals surface area (Å²) in [5.41, 5.74) is 1.41. The zero-order chi connectivity index (χ0) is 11.8. The van der Waals surface area contributed by atoms with Crippen LogP contribution in [0.3, 0.4) is 0 Å². The van der Waals surface area contributed by atoms with E-state index in [4.69, 9.17) is 4.74 Å². The molecule has 0 fully saturated rings. The molecular weight excluding hydrogens is 224 g/mol. The van der Waals surface area contributed by atoms with Crippen LogP contribution in [-0.4, -0.2) is 37.4 Å². The summed E-state index contributed by atoms with van der Waals surface area (Å²) in [5.74, 6) is 0.242. The van der Waals surface area contributed by atoms with Crippen molar-refractivity contribution in [3.63, 3.8) is 0 Å². The van der Waals surface area contributed by atoms with E-state index in [1.807, 2.05) is 0 Å². The molecule has 7 nitrogen and oxygen atoms in total. The maximum absolute atomic E-state index is 9.61. The van der Waals surface area contributed by atoms with E-state index in [1.165, 1.54) is 6.07 Å². The Balaban J connectivity index is 2.09. The molecule has 3 rings (SSSR count). The van der Waals surface area contributed by atoms with E-state index in [-0.39, 0.29) is 23.9 Å². The number of fused-ring (bicyclic) bond motifs is 1. The molecule has 1 aliphatic rings. The molecule has 1 aromatic heterocycles. The molecule has 0 saturated heterocycles. The monoisotopic (exact) mass is 232 g/mol. The summed E-state index contributed by atoms with van der Waals surface area (Å²) < 4.78 is 5.37. The topological polar surface area (TPSA) is 104 Å². The molecule has 1 aromatic carbocycles. The van der Waals surface area contributed by atoms with Gasteiger partial charge in [-0.05, 0) is 23.4 Å². The van der Waals surface area contributed by atoms with Crippen LogP contribution in [0.25, 0.3) is 11.6 Å². The third-order valence-electron chi connectivity index (χ3n) is 2.47. The fourth-order valence-electron chi connectivity index (χ4n) is 1.65. The average Bonchev–Trinajstić information content (AvgIpc) is 2.87. The summed E-state index contributed by atoms with van der Waals surface area (Å²) >= 11 is 0. The Hall–Kier alpha value is -2.57. The van der Waals surface area contributed by atoms with Gasteiger partial charge in [-0.2, -0.15) is 5.21 Å². The summed E-state index contributed by atoms with van der Waals surface area (Å²) in [6.07, 6.45) is 1.78. The summed E-state index contributed by atoms with van der Waals surface area (Å²) in [4.78, 5) is 0. The van der Waals surface area contributed by atoms with Gasteiger partial charge in [-0.25, -0.2) is 0 Å². The molecule has 86 valence electrons. The van der Waals surface area contributed by atoms with Crippen molar-refractivity contribution in [2.75, 3.05) is 6.61 Å². The fourth-order valence-corrected chi connectivity index (χ4v) is 1.65. The fraction of sp³-hybridized carbons (Fsp3) is 0.100. The predicted octanol–water partition coefficient (Wildman–Crippen LogP) is 0.544. The molecule has 17 heavy (non-hydrogen) atoms. The smallest absolute Gasteiger partial charge is 0.204 e. The minimum atomic E-state index is -0.258. The Kier molecular flexibility index (Phi) is 1.97. The Morgan fingerprint density at radius 1 is 1.29 bits per heavy atom. The van der Waals surface area contributed by atoms with Crippen molar-refractivity contribution < 1.29 is 14.9 Å². The molecule has 0 amide bonds. The van der Waals surface area contributed by atoms with Gasteiger partial charge < -0.3 is 14.9 Å². The maximum Gasteiger partial charge on any atom is 0.204 e. The maximum atomic E-state index is 9.61. The number of benzene rings is 1. The van der Waals surface area contributed by atoms with Gasteiger partial charge in [0.2, 0.25) is 11.6 Å². The number of rotatable bonds is 1. The molecule has 0 aliphatic carbocycles. The number of nitrogens with one attached hydrogen (secondary N) is 1. The first kappa shape index (κ1) is 9.64. The highest BCUT2D eigenvalue weighted by atomic mass is 16.5. The van der Waals surface area contributed by atoms with Crippen LogP contribution in [0.15, 0.2) is 12.1 Å². The molecule has 0 unspecified atom stereocenters. The first-order valence-electron chi connectivity index (χ1n) is 4.88. The van der Waals surface area contributed by atoms with Crippen molar-refractivity contribution in [2.45, 2.75) is 0 Å². The van der Waals surface area contributed by atoms with Gasteiger partial charge in [0.15, 0.2) is 11.5 Å². The van der Waals surface area contributed by atoms with Crippen molar-refractivity contribution >= 4 is 11.6 Å². The number of tetrazole rings is 1. The minimum absolute atomic E-state index is 0.208. The lowest BCUT2D eigenvalue weighted by atomic mass is 10.1. The van der Waals surface area contributed by atoms with E-state index < -0.39 is 0 Å². The number of phenols is 2. The second kappa shape index (κ2) is 3.48. The molecule has 0 atom stereocenters. The van der Waals surface area contributed by atoms with Gasteiger partial charge in [-0.15, -0.1) is 10.2 Å². The highest BCUT2D eigenvalue weighted by Crippen LogP contribution is 2.41. The molecule has 0 spiro atoms. The van der Waals surface area contributed by atoms with Crippen molar-refractivity contribution in [2.24, 2.45) is 0 Å². The van der Waals surface area contributed by atoms with Crippen LogP contribution in [0.4, 0.5) is 0 Å². The van der Waals surface area contributed by atoms with Crippen LogP contribution >= 0.6 is 0 Å². The van der Waals surface area contributed by atoms with Crippen molar-refractivity contribution in [3.05, 3.63) is 23.5 Å². The Labute approximate surface area is 95.4 Å². The summed E-state index contributed by atoms with van der Waals surface area (Å²) in [7, 11) is 0. The molecule has 0 radical (unpaired) electrons. The quantitative estimate of drug-likeness (QED) is 0.620. The second-order valence-electron chi connectivity index (χ2n) is 3.55. The standard InChI is InChI=1S/C10H8N4O3/c15-7-2-1-5-3-6(10-11-13-14-12-10)4-17-9(5)8(7)16/h1-3,15-16H,4H2,(H,11,12,13,14). The van der Waals surface area contributed by atoms with E-state index in [1.54, 1.807) is 12.1 Å². The van der Waals surface area contributed by atoms with E-state index in [2.05, 4.69) is 20.6 Å². The molecular formula is C10H8N4O3. The summed E-state index contributed by atoms with van der Waals surface area (Å²) in [5, 5.41) is 32.5. The molecule has 2 aromatic rings. The number of aromatic amines is 1. The number of hydrogen-bond donors (Lipinski definition) is 3. The molecule has 7 heteroatoms. The zero-order valence-corrected chi connectivity index (χ0v) is 8.58. The van der Waals surface area contributed by atoms with E-state index in [9.17, 15) is 10.2 Å². The number of aromatic nitrogens is 4. The third kappa shape index (κ3) is 1.48. The second-order valence-corrected chi connectivity index (χ2v) is 3.55. The molecule has 2 heterocycles. The van der Waals surface area contributed by atoms with E-state index in [0.29, 0.717) is 11.4 Å². The van der Waals surface area contributed by atoms with Gasteiger partial charge in [0.25, 0.3) is 0 Å². The summed E-state index contributed by atoms with van der Waals surface area (Å²) in [6.45, 7) is 0.212. The van der Waals surface area contributed by atoms with Crippen molar-refractivity contribution in [3.8, 4) is 17.2 Å². The Morgan fingerprint density at radius 2 is 2.18 bits per heavy atom. The highest BCUT2D eigenvalue weighted by Gasteiger charge is 2.20. The van der Waals surface area contributed by atoms with Gasteiger partial charge in [-0.1, -0.05) is 0 Å². The highest BCUT2D eigenvalue weighted by molar-refractivity contribution is 5.84. The van der Waals surface area contributed by atoms with Gasteiger partial charge in [-0.3, -0.25) is 0 Å². The number of H-pyrrole nitrogens is 1. The number of aromatic hydroxyl groups is 2. The van der Waals surface area contributed by atoms with Crippen LogP contribution in [0.5, 0.6) is 17.2 Å². The Morgan fingerprint density at radius 3 is 2.94 bits per heavy atom. The molecule has 0 saturated carbocycles.